The maximum absolute atomic E-state index is 14.0. The Hall–Kier alpha value is -3.20. The number of piperazine rings is 1. The second kappa shape index (κ2) is 10.2. The van der Waals surface area contributed by atoms with Crippen LogP contribution in [-0.2, 0) is 6.54 Å². The van der Waals surface area contributed by atoms with E-state index in [4.69, 9.17) is 0 Å². The van der Waals surface area contributed by atoms with Gasteiger partial charge in [0.25, 0.3) is 0 Å². The summed E-state index contributed by atoms with van der Waals surface area (Å²) in [5.74, 6) is 1.45. The van der Waals surface area contributed by atoms with Crippen LogP contribution in [0.5, 0.6) is 0 Å². The van der Waals surface area contributed by atoms with Crippen LogP contribution in [0.2, 0.25) is 0 Å². The lowest BCUT2D eigenvalue weighted by Crippen LogP contribution is -2.47. The zero-order valence-electron chi connectivity index (χ0n) is 17.8. The van der Waals surface area contributed by atoms with E-state index in [1.165, 1.54) is 6.07 Å². The van der Waals surface area contributed by atoms with Crippen molar-refractivity contribution in [3.05, 3.63) is 60.3 Å². The Bertz CT molecular complexity index is 1010. The molecule has 1 aromatic carbocycles. The quantitative estimate of drug-likeness (QED) is 0.342. The molecule has 0 spiro atoms. The molecule has 0 bridgehead atoms. The molecule has 0 saturated carbocycles. The Morgan fingerprint density at radius 3 is 2.65 bits per heavy atom. The molecule has 1 saturated heterocycles. The van der Waals surface area contributed by atoms with Crippen molar-refractivity contribution >= 4 is 17.3 Å². The molecular weight excluding hydrogens is 395 g/mol. The Morgan fingerprint density at radius 1 is 1.03 bits per heavy atom. The lowest BCUT2D eigenvalue weighted by atomic mass is 10.2. The van der Waals surface area contributed by atoms with Gasteiger partial charge < -0.3 is 15.5 Å². The number of guanidine groups is 1. The van der Waals surface area contributed by atoms with Crippen molar-refractivity contribution in [2.75, 3.05) is 51.2 Å². The molecule has 31 heavy (non-hydrogen) atoms. The van der Waals surface area contributed by atoms with Gasteiger partial charge in [0.2, 0.25) is 0 Å². The van der Waals surface area contributed by atoms with Crippen molar-refractivity contribution in [2.45, 2.75) is 13.0 Å². The molecule has 1 aliphatic rings. The number of rotatable bonds is 7. The van der Waals surface area contributed by atoms with Crippen molar-refractivity contribution in [3.63, 3.8) is 0 Å². The van der Waals surface area contributed by atoms with Crippen molar-refractivity contribution in [2.24, 2.45) is 4.99 Å². The average Bonchev–Trinajstić information content (AvgIpc) is 3.23. The summed E-state index contributed by atoms with van der Waals surface area (Å²) in [5, 5.41) is 15.0. The van der Waals surface area contributed by atoms with Gasteiger partial charge in [0.1, 0.15) is 5.82 Å². The van der Waals surface area contributed by atoms with Gasteiger partial charge in [-0.15, -0.1) is 10.2 Å². The normalized spacial score (nSPS) is 15.4. The number of aromatic nitrogens is 3. The third-order valence-corrected chi connectivity index (χ3v) is 5.53. The van der Waals surface area contributed by atoms with E-state index < -0.39 is 0 Å². The van der Waals surface area contributed by atoms with Crippen LogP contribution in [0.1, 0.15) is 12.2 Å². The first-order valence-corrected chi connectivity index (χ1v) is 10.7. The molecule has 4 rings (SSSR count). The van der Waals surface area contributed by atoms with Gasteiger partial charge in [-0.3, -0.25) is 14.3 Å². The summed E-state index contributed by atoms with van der Waals surface area (Å²) in [6, 6.07) is 12.8. The van der Waals surface area contributed by atoms with E-state index in [9.17, 15) is 4.39 Å². The number of anilines is 1. The SMILES string of the molecule is CN=C(NCCCN1CCN(c2ccccc2F)CC1)NCc1nnc2ccccn12. The first-order chi connectivity index (χ1) is 15.2. The van der Waals surface area contributed by atoms with E-state index in [-0.39, 0.29) is 5.82 Å². The molecule has 0 unspecified atom stereocenters. The molecule has 9 heteroatoms. The summed E-state index contributed by atoms with van der Waals surface area (Å²) in [4.78, 5) is 8.84. The number of aliphatic imine (C=N–C) groups is 1. The Kier molecular flexibility index (Phi) is 6.93. The van der Waals surface area contributed by atoms with Crippen LogP contribution in [-0.4, -0.2) is 71.8 Å². The zero-order valence-corrected chi connectivity index (χ0v) is 17.8. The summed E-state index contributed by atoms with van der Waals surface area (Å²) in [7, 11) is 1.76. The van der Waals surface area contributed by atoms with Gasteiger partial charge in [0.05, 0.1) is 12.2 Å². The molecule has 164 valence electrons. The molecule has 0 amide bonds. The molecule has 2 aromatic heterocycles. The van der Waals surface area contributed by atoms with Crippen molar-refractivity contribution in [3.8, 4) is 0 Å². The van der Waals surface area contributed by atoms with Crippen molar-refractivity contribution in [1.82, 2.24) is 30.1 Å². The fraction of sp³-hybridized carbons (Fsp3) is 0.409. The molecular formula is C22H29FN8. The standard InChI is InChI=1S/C22H29FN8/c1-24-22(26-17-21-28-27-20-9-4-5-12-31(20)21)25-10-6-11-29-13-15-30(16-14-29)19-8-3-2-7-18(19)23/h2-5,7-9,12H,6,10-11,13-17H2,1H3,(H2,24,25,26). The summed E-state index contributed by atoms with van der Waals surface area (Å²) >= 11 is 0. The van der Waals surface area contributed by atoms with Gasteiger partial charge in [-0.1, -0.05) is 18.2 Å². The monoisotopic (exact) mass is 424 g/mol. The fourth-order valence-corrected chi connectivity index (χ4v) is 3.82. The predicted molar refractivity (Wildman–Crippen MR) is 121 cm³/mol. The van der Waals surface area contributed by atoms with Gasteiger partial charge in [0, 0.05) is 46.0 Å². The number of benzene rings is 1. The molecule has 8 nitrogen and oxygen atoms in total. The van der Waals surface area contributed by atoms with E-state index in [0.717, 1.165) is 63.1 Å². The summed E-state index contributed by atoms with van der Waals surface area (Å²) in [5.41, 5.74) is 1.54. The first-order valence-electron chi connectivity index (χ1n) is 10.7. The van der Waals surface area contributed by atoms with Crippen LogP contribution >= 0.6 is 0 Å². The number of fused-ring (bicyclic) bond motifs is 1. The highest BCUT2D eigenvalue weighted by Crippen LogP contribution is 2.20. The number of pyridine rings is 1. The minimum absolute atomic E-state index is 0.141. The van der Waals surface area contributed by atoms with Crippen LogP contribution in [0.15, 0.2) is 53.7 Å². The van der Waals surface area contributed by atoms with E-state index in [0.29, 0.717) is 12.2 Å². The Labute approximate surface area is 181 Å². The molecule has 0 radical (unpaired) electrons. The predicted octanol–water partition coefficient (Wildman–Crippen LogP) is 1.75. The molecule has 3 aromatic rings. The van der Waals surface area contributed by atoms with Gasteiger partial charge in [-0.05, 0) is 37.2 Å². The lowest BCUT2D eigenvalue weighted by molar-refractivity contribution is 0.254. The molecule has 2 N–H and O–H groups in total. The highest BCUT2D eigenvalue weighted by atomic mass is 19.1. The minimum Gasteiger partial charge on any atom is -0.367 e. The van der Waals surface area contributed by atoms with Crippen LogP contribution in [0.25, 0.3) is 5.65 Å². The van der Waals surface area contributed by atoms with Gasteiger partial charge in [0.15, 0.2) is 17.4 Å². The topological polar surface area (TPSA) is 73.1 Å². The number of nitrogens with one attached hydrogen (secondary N) is 2. The molecule has 0 aliphatic carbocycles. The highest BCUT2D eigenvalue weighted by molar-refractivity contribution is 5.79. The zero-order chi connectivity index (χ0) is 21.5. The van der Waals surface area contributed by atoms with Crippen LogP contribution in [0.3, 0.4) is 0 Å². The average molecular weight is 425 g/mol. The first kappa shape index (κ1) is 21.0. The van der Waals surface area contributed by atoms with Crippen LogP contribution in [0, 0.1) is 5.82 Å². The van der Waals surface area contributed by atoms with E-state index in [1.807, 2.05) is 40.9 Å². The third-order valence-electron chi connectivity index (χ3n) is 5.53. The number of hydrogen-bond donors (Lipinski definition) is 2. The third kappa shape index (κ3) is 5.29. The molecule has 3 heterocycles. The van der Waals surface area contributed by atoms with Gasteiger partial charge >= 0.3 is 0 Å². The Balaban J connectivity index is 1.15. The summed E-state index contributed by atoms with van der Waals surface area (Å²) < 4.78 is 15.9. The lowest BCUT2D eigenvalue weighted by Gasteiger charge is -2.36. The summed E-state index contributed by atoms with van der Waals surface area (Å²) in [6.07, 6.45) is 2.96. The van der Waals surface area contributed by atoms with Gasteiger partial charge in [-0.25, -0.2) is 4.39 Å². The molecule has 0 atom stereocenters. The largest absolute Gasteiger partial charge is 0.367 e. The van der Waals surface area contributed by atoms with Gasteiger partial charge in [-0.2, -0.15) is 0 Å². The van der Waals surface area contributed by atoms with E-state index in [2.05, 4.69) is 35.6 Å². The number of hydrogen-bond acceptors (Lipinski definition) is 5. The van der Waals surface area contributed by atoms with E-state index >= 15 is 0 Å². The van der Waals surface area contributed by atoms with Crippen LogP contribution < -0.4 is 15.5 Å². The second-order valence-electron chi connectivity index (χ2n) is 7.53. The molecule has 1 fully saturated rings. The fourth-order valence-electron chi connectivity index (χ4n) is 3.82. The van der Waals surface area contributed by atoms with E-state index in [1.54, 1.807) is 13.1 Å². The van der Waals surface area contributed by atoms with Crippen molar-refractivity contribution < 1.29 is 4.39 Å². The maximum atomic E-state index is 14.0. The molecule has 1 aliphatic heterocycles. The van der Waals surface area contributed by atoms with Crippen LogP contribution in [0.4, 0.5) is 10.1 Å². The number of nitrogens with zero attached hydrogens (tertiary/aromatic N) is 6. The highest BCUT2D eigenvalue weighted by Gasteiger charge is 2.18. The Morgan fingerprint density at radius 2 is 1.84 bits per heavy atom. The number of para-hydroxylation sites is 1. The minimum atomic E-state index is -0.141. The van der Waals surface area contributed by atoms with Crippen molar-refractivity contribution in [1.29, 1.82) is 0 Å². The second-order valence-corrected chi connectivity index (χ2v) is 7.53. The maximum Gasteiger partial charge on any atom is 0.191 e. The smallest absolute Gasteiger partial charge is 0.191 e. The number of halogens is 1. The summed E-state index contributed by atoms with van der Waals surface area (Å²) in [6.45, 7) is 5.97.